The van der Waals surface area contributed by atoms with Gasteiger partial charge in [-0.15, -0.1) is 0 Å². The number of aromatic nitrogens is 1. The van der Waals surface area contributed by atoms with Crippen LogP contribution in [0.4, 0.5) is 16.0 Å². The summed E-state index contributed by atoms with van der Waals surface area (Å²) in [6.07, 6.45) is 3.24. The molecule has 0 unspecified atom stereocenters. The molecule has 1 fully saturated rings. The lowest BCUT2D eigenvalue weighted by molar-refractivity contribution is 0.100. The molecule has 110 valence electrons. The number of anilines is 2. The number of carbonyl (C=O) groups excluding carboxylic acids is 1. The van der Waals surface area contributed by atoms with Crippen molar-refractivity contribution in [2.75, 3.05) is 11.1 Å². The largest absolute Gasteiger partial charge is 0.383 e. The van der Waals surface area contributed by atoms with Crippen molar-refractivity contribution in [2.24, 2.45) is 17.4 Å². The second kappa shape index (κ2) is 5.62. The van der Waals surface area contributed by atoms with E-state index in [1.807, 2.05) is 6.92 Å². The Bertz CT molecular complexity index is 516. The summed E-state index contributed by atoms with van der Waals surface area (Å²) in [6.45, 7) is 1.86. The van der Waals surface area contributed by atoms with Crippen LogP contribution in [0.1, 0.15) is 36.5 Å². The summed E-state index contributed by atoms with van der Waals surface area (Å²) in [4.78, 5) is 14.9. The van der Waals surface area contributed by atoms with E-state index < -0.39 is 11.7 Å². The molecule has 6 nitrogen and oxygen atoms in total. The summed E-state index contributed by atoms with van der Waals surface area (Å²) in [7, 11) is 0. The molecule has 0 radical (unpaired) electrons. The van der Waals surface area contributed by atoms with E-state index in [-0.39, 0.29) is 29.3 Å². The van der Waals surface area contributed by atoms with Crippen molar-refractivity contribution in [3.8, 4) is 0 Å². The van der Waals surface area contributed by atoms with E-state index in [0.717, 1.165) is 12.5 Å². The molecular formula is C13H20FN5O. The van der Waals surface area contributed by atoms with Gasteiger partial charge < -0.3 is 22.5 Å². The van der Waals surface area contributed by atoms with E-state index in [4.69, 9.17) is 17.2 Å². The molecule has 0 aliphatic heterocycles. The molecule has 1 heterocycles. The van der Waals surface area contributed by atoms with Gasteiger partial charge in [-0.25, -0.2) is 9.37 Å². The first kappa shape index (κ1) is 14.5. The van der Waals surface area contributed by atoms with Crippen LogP contribution >= 0.6 is 0 Å². The fourth-order valence-electron chi connectivity index (χ4n) is 2.09. The van der Waals surface area contributed by atoms with Crippen molar-refractivity contribution in [1.82, 2.24) is 4.98 Å². The number of halogens is 1. The molecule has 7 N–H and O–H groups in total. The zero-order valence-corrected chi connectivity index (χ0v) is 11.4. The van der Waals surface area contributed by atoms with Crippen LogP contribution in [0, 0.1) is 11.7 Å². The minimum atomic E-state index is -0.804. The summed E-state index contributed by atoms with van der Waals surface area (Å²) in [5.41, 5.74) is 16.5. The van der Waals surface area contributed by atoms with E-state index in [0.29, 0.717) is 5.92 Å². The van der Waals surface area contributed by atoms with Crippen LogP contribution in [0.5, 0.6) is 0 Å². The molecule has 0 spiro atoms. The maximum atomic E-state index is 13.9. The summed E-state index contributed by atoms with van der Waals surface area (Å²) in [5, 5.41) is 2.98. The number of nitrogens with zero attached hydrogens (tertiary/aromatic N) is 1. The van der Waals surface area contributed by atoms with Crippen LogP contribution in [-0.4, -0.2) is 23.0 Å². The summed E-state index contributed by atoms with van der Waals surface area (Å²) >= 11 is 0. The Hall–Kier alpha value is -1.89. The highest BCUT2D eigenvalue weighted by Crippen LogP contribution is 2.34. The predicted molar refractivity (Wildman–Crippen MR) is 75.5 cm³/mol. The molecule has 0 bridgehead atoms. The van der Waals surface area contributed by atoms with Gasteiger partial charge in [0.2, 0.25) is 0 Å². The third-order valence-corrected chi connectivity index (χ3v) is 3.51. The normalized spacial score (nSPS) is 17.6. The molecule has 0 saturated heterocycles. The van der Waals surface area contributed by atoms with E-state index in [2.05, 4.69) is 10.3 Å². The standard InChI is InChI=1S/C13H20FN5O/c1-6(15)10(4-7-2-3-7)18-13-9(14)5-8(12(17)20)11(16)19-13/h5-7,10H,2-4,15H2,1H3,(H2,17,20)(H3,16,18,19)/t6-,10+/m0/s1. The van der Waals surface area contributed by atoms with Gasteiger partial charge in [-0.1, -0.05) is 12.8 Å². The smallest absolute Gasteiger partial charge is 0.252 e. The Morgan fingerprint density at radius 1 is 1.60 bits per heavy atom. The molecule has 2 rings (SSSR count). The number of carbonyl (C=O) groups is 1. The van der Waals surface area contributed by atoms with Gasteiger partial charge >= 0.3 is 0 Å². The van der Waals surface area contributed by atoms with Crippen LogP contribution in [0.25, 0.3) is 0 Å². The van der Waals surface area contributed by atoms with Gasteiger partial charge in [-0.3, -0.25) is 4.79 Å². The lowest BCUT2D eigenvalue weighted by Crippen LogP contribution is -2.39. The predicted octanol–water partition coefficient (Wildman–Crippen LogP) is 0.830. The average Bonchev–Trinajstić information content (AvgIpc) is 3.15. The minimum Gasteiger partial charge on any atom is -0.383 e. The quantitative estimate of drug-likeness (QED) is 0.615. The number of amides is 1. The van der Waals surface area contributed by atoms with Crippen molar-refractivity contribution in [2.45, 2.75) is 38.3 Å². The van der Waals surface area contributed by atoms with Gasteiger partial charge in [0.15, 0.2) is 11.6 Å². The Labute approximate surface area is 116 Å². The second-order valence-electron chi connectivity index (χ2n) is 5.40. The summed E-state index contributed by atoms with van der Waals surface area (Å²) in [5.74, 6) is -0.896. The molecule has 1 aliphatic rings. The first-order valence-electron chi connectivity index (χ1n) is 6.66. The first-order chi connectivity index (χ1) is 9.38. The van der Waals surface area contributed by atoms with Gasteiger partial charge in [0, 0.05) is 12.1 Å². The number of nitrogens with two attached hydrogens (primary N) is 3. The van der Waals surface area contributed by atoms with Crippen molar-refractivity contribution < 1.29 is 9.18 Å². The minimum absolute atomic E-state index is 0.00968. The summed E-state index contributed by atoms with van der Waals surface area (Å²) < 4.78 is 13.9. The third-order valence-electron chi connectivity index (χ3n) is 3.51. The van der Waals surface area contributed by atoms with Crippen LogP contribution < -0.4 is 22.5 Å². The molecule has 20 heavy (non-hydrogen) atoms. The van der Waals surface area contributed by atoms with Crippen molar-refractivity contribution in [3.05, 3.63) is 17.4 Å². The Kier molecular flexibility index (Phi) is 4.08. The molecule has 1 saturated carbocycles. The number of pyridine rings is 1. The van der Waals surface area contributed by atoms with Gasteiger partial charge in [0.25, 0.3) is 5.91 Å². The molecular weight excluding hydrogens is 261 g/mol. The van der Waals surface area contributed by atoms with E-state index in [1.165, 1.54) is 12.8 Å². The van der Waals surface area contributed by atoms with Crippen molar-refractivity contribution >= 4 is 17.5 Å². The first-order valence-corrected chi connectivity index (χ1v) is 6.66. The van der Waals surface area contributed by atoms with Crippen LogP contribution in [0.15, 0.2) is 6.07 Å². The highest BCUT2D eigenvalue weighted by atomic mass is 19.1. The van der Waals surface area contributed by atoms with Crippen molar-refractivity contribution in [3.63, 3.8) is 0 Å². The lowest BCUT2D eigenvalue weighted by Gasteiger charge is -2.23. The van der Waals surface area contributed by atoms with Gasteiger partial charge in [0.05, 0.1) is 5.56 Å². The molecule has 1 aromatic heterocycles. The van der Waals surface area contributed by atoms with Crippen LogP contribution in [0.2, 0.25) is 0 Å². The molecule has 0 aromatic carbocycles. The lowest BCUT2D eigenvalue weighted by atomic mass is 10.0. The number of primary amides is 1. The number of rotatable bonds is 6. The number of hydrogen-bond acceptors (Lipinski definition) is 5. The Morgan fingerprint density at radius 3 is 2.75 bits per heavy atom. The number of nitrogens with one attached hydrogen (secondary N) is 1. The van der Waals surface area contributed by atoms with Gasteiger partial charge in [-0.05, 0) is 25.3 Å². The zero-order valence-electron chi connectivity index (χ0n) is 11.4. The van der Waals surface area contributed by atoms with Crippen LogP contribution in [0.3, 0.4) is 0 Å². The highest BCUT2D eigenvalue weighted by molar-refractivity contribution is 5.97. The second-order valence-corrected chi connectivity index (χ2v) is 5.40. The zero-order chi connectivity index (χ0) is 14.9. The molecule has 7 heteroatoms. The van der Waals surface area contributed by atoms with E-state index >= 15 is 0 Å². The third kappa shape index (κ3) is 3.36. The van der Waals surface area contributed by atoms with Crippen LogP contribution in [-0.2, 0) is 0 Å². The van der Waals surface area contributed by atoms with Crippen molar-refractivity contribution in [1.29, 1.82) is 0 Å². The van der Waals surface area contributed by atoms with E-state index in [1.54, 1.807) is 0 Å². The topological polar surface area (TPSA) is 120 Å². The number of nitrogen functional groups attached to an aromatic ring is 1. The highest BCUT2D eigenvalue weighted by Gasteiger charge is 2.28. The maximum absolute atomic E-state index is 13.9. The van der Waals surface area contributed by atoms with E-state index in [9.17, 15) is 9.18 Å². The number of hydrogen-bond donors (Lipinski definition) is 4. The monoisotopic (exact) mass is 281 g/mol. The molecule has 1 aromatic rings. The van der Waals surface area contributed by atoms with Gasteiger partial charge in [0.1, 0.15) is 5.82 Å². The molecule has 1 aliphatic carbocycles. The summed E-state index contributed by atoms with van der Waals surface area (Å²) in [6, 6.07) is 0.778. The SMILES string of the molecule is C[C@H](N)[C@@H](CC1CC1)Nc1nc(N)c(C(N)=O)cc1F. The Morgan fingerprint density at radius 2 is 2.25 bits per heavy atom. The Balaban J connectivity index is 2.18. The fourth-order valence-corrected chi connectivity index (χ4v) is 2.09. The fraction of sp³-hybridized carbons (Fsp3) is 0.538. The van der Waals surface area contributed by atoms with Gasteiger partial charge in [-0.2, -0.15) is 0 Å². The maximum Gasteiger partial charge on any atom is 0.252 e. The molecule has 2 atom stereocenters. The molecule has 1 amide bonds. The average molecular weight is 281 g/mol.